The number of ether oxygens (including phenoxy) is 3. The molecular weight excluding hydrogens is 492 g/mol. The Morgan fingerprint density at radius 2 is 1.47 bits per heavy atom. The summed E-state index contributed by atoms with van der Waals surface area (Å²) >= 11 is 0. The number of rotatable bonds is 11. The Morgan fingerprint density at radius 1 is 0.868 bits per heavy atom. The molecule has 0 saturated heterocycles. The number of nitrogens with zero attached hydrogens (tertiary/aromatic N) is 1. The van der Waals surface area contributed by atoms with Gasteiger partial charge in [-0.3, -0.25) is 24.6 Å². The zero-order valence-electron chi connectivity index (χ0n) is 21.0. The van der Waals surface area contributed by atoms with E-state index in [0.717, 1.165) is 4.90 Å². The molecule has 0 aliphatic rings. The van der Waals surface area contributed by atoms with Crippen molar-refractivity contribution in [1.29, 1.82) is 0 Å². The van der Waals surface area contributed by atoms with E-state index >= 15 is 0 Å². The van der Waals surface area contributed by atoms with Crippen LogP contribution in [0.2, 0.25) is 0 Å². The number of carbonyl (C=O) groups excluding carboxylic acids is 3. The van der Waals surface area contributed by atoms with Crippen LogP contribution in [0.25, 0.3) is 0 Å². The molecule has 0 heterocycles. The standard InChI is InChI=1S/C28H28N2O8/c1-19(30(18-26(32)33)28(35)38-24-14-12-22(36-2)13-15-24)20-8-10-23(11-9-20)37-17-16-25(31)29-27(34)21-6-4-3-5-7-21/h3-15,19H,16-18H2,1-2H3,(H,32,33)(H,29,31,34)/t19-/m0/s1. The predicted octanol–water partition coefficient (Wildman–Crippen LogP) is 4.07. The zero-order chi connectivity index (χ0) is 27.5. The summed E-state index contributed by atoms with van der Waals surface area (Å²) < 4.78 is 16.0. The molecule has 0 radical (unpaired) electrons. The van der Waals surface area contributed by atoms with E-state index in [1.54, 1.807) is 85.8 Å². The minimum Gasteiger partial charge on any atom is -0.497 e. The summed E-state index contributed by atoms with van der Waals surface area (Å²) in [6, 6.07) is 20.8. The van der Waals surface area contributed by atoms with Crippen LogP contribution in [0.3, 0.4) is 0 Å². The minimum absolute atomic E-state index is 0.0275. The van der Waals surface area contributed by atoms with Crippen LogP contribution in [-0.4, -0.2) is 54.1 Å². The van der Waals surface area contributed by atoms with E-state index in [4.69, 9.17) is 14.2 Å². The van der Waals surface area contributed by atoms with Crippen LogP contribution in [0.4, 0.5) is 4.79 Å². The number of benzene rings is 3. The molecule has 0 aliphatic heterocycles. The van der Waals surface area contributed by atoms with Crippen LogP contribution in [0, 0.1) is 0 Å². The summed E-state index contributed by atoms with van der Waals surface area (Å²) in [5.74, 6) is -0.837. The van der Waals surface area contributed by atoms with Gasteiger partial charge in [-0.2, -0.15) is 0 Å². The number of aliphatic carboxylic acids is 1. The van der Waals surface area contributed by atoms with Crippen molar-refractivity contribution in [2.45, 2.75) is 19.4 Å². The van der Waals surface area contributed by atoms with Crippen LogP contribution in [0.5, 0.6) is 17.2 Å². The van der Waals surface area contributed by atoms with Gasteiger partial charge in [-0.15, -0.1) is 0 Å². The molecule has 0 fully saturated rings. The monoisotopic (exact) mass is 520 g/mol. The van der Waals surface area contributed by atoms with Gasteiger partial charge in [0.2, 0.25) is 5.91 Å². The number of hydrogen-bond acceptors (Lipinski definition) is 7. The first kappa shape index (κ1) is 27.7. The molecule has 0 spiro atoms. The van der Waals surface area contributed by atoms with Gasteiger partial charge in [-0.05, 0) is 61.0 Å². The summed E-state index contributed by atoms with van der Waals surface area (Å²) in [5, 5.41) is 11.6. The molecule has 0 aromatic heterocycles. The van der Waals surface area contributed by atoms with E-state index in [-0.39, 0.29) is 18.8 Å². The van der Waals surface area contributed by atoms with Gasteiger partial charge in [0.05, 0.1) is 26.2 Å². The molecule has 2 N–H and O–H groups in total. The van der Waals surface area contributed by atoms with Crippen molar-refractivity contribution in [2.24, 2.45) is 0 Å². The Hall–Kier alpha value is -4.86. The molecule has 0 unspecified atom stereocenters. The summed E-state index contributed by atoms with van der Waals surface area (Å²) in [6.07, 6.45) is -0.846. The first-order valence-electron chi connectivity index (χ1n) is 11.7. The molecule has 3 aromatic carbocycles. The minimum atomic E-state index is -1.19. The third-order valence-corrected chi connectivity index (χ3v) is 5.52. The van der Waals surface area contributed by atoms with E-state index in [1.807, 2.05) is 0 Å². The number of nitrogens with one attached hydrogen (secondary N) is 1. The molecule has 0 saturated carbocycles. The highest BCUT2D eigenvalue weighted by Gasteiger charge is 2.26. The third-order valence-electron chi connectivity index (χ3n) is 5.52. The maximum atomic E-state index is 12.8. The van der Waals surface area contributed by atoms with E-state index in [9.17, 15) is 24.3 Å². The van der Waals surface area contributed by atoms with Crippen molar-refractivity contribution in [3.05, 3.63) is 90.0 Å². The predicted molar refractivity (Wildman–Crippen MR) is 137 cm³/mol. The van der Waals surface area contributed by atoms with E-state index in [0.29, 0.717) is 22.6 Å². The highest BCUT2D eigenvalue weighted by Crippen LogP contribution is 2.25. The second-order valence-electron chi connectivity index (χ2n) is 8.15. The molecule has 3 aromatic rings. The van der Waals surface area contributed by atoms with Crippen LogP contribution in [0.15, 0.2) is 78.9 Å². The first-order valence-corrected chi connectivity index (χ1v) is 11.7. The number of amides is 3. The highest BCUT2D eigenvalue weighted by molar-refractivity contribution is 6.04. The van der Waals surface area contributed by atoms with Crippen LogP contribution in [0.1, 0.15) is 35.3 Å². The molecule has 198 valence electrons. The Kier molecular flexibility index (Phi) is 9.81. The topological polar surface area (TPSA) is 131 Å². The lowest BCUT2D eigenvalue weighted by molar-refractivity contribution is -0.138. The highest BCUT2D eigenvalue weighted by atomic mass is 16.6. The summed E-state index contributed by atoms with van der Waals surface area (Å²) in [6.45, 7) is 1.16. The lowest BCUT2D eigenvalue weighted by Gasteiger charge is -2.27. The molecule has 10 nitrogen and oxygen atoms in total. The average molecular weight is 521 g/mol. The maximum absolute atomic E-state index is 12.8. The maximum Gasteiger partial charge on any atom is 0.416 e. The summed E-state index contributed by atoms with van der Waals surface area (Å²) in [7, 11) is 1.51. The van der Waals surface area contributed by atoms with Crippen molar-refractivity contribution in [2.75, 3.05) is 20.3 Å². The molecular formula is C28H28N2O8. The van der Waals surface area contributed by atoms with Gasteiger partial charge in [0, 0.05) is 5.56 Å². The fraction of sp³-hybridized carbons (Fsp3) is 0.214. The molecule has 1 atom stereocenters. The molecule has 0 bridgehead atoms. The van der Waals surface area contributed by atoms with Gasteiger partial charge < -0.3 is 19.3 Å². The van der Waals surface area contributed by atoms with Gasteiger partial charge in [-0.25, -0.2) is 4.79 Å². The van der Waals surface area contributed by atoms with Gasteiger partial charge in [0.25, 0.3) is 5.91 Å². The van der Waals surface area contributed by atoms with Gasteiger partial charge in [-0.1, -0.05) is 30.3 Å². The number of carboxylic acid groups (broad SMARTS) is 1. The van der Waals surface area contributed by atoms with Crippen molar-refractivity contribution in [1.82, 2.24) is 10.2 Å². The Morgan fingerprint density at radius 3 is 2.08 bits per heavy atom. The number of carbonyl (C=O) groups is 4. The fourth-order valence-electron chi connectivity index (χ4n) is 3.44. The first-order chi connectivity index (χ1) is 18.3. The van der Waals surface area contributed by atoms with Crippen molar-refractivity contribution < 1.29 is 38.5 Å². The fourth-order valence-corrected chi connectivity index (χ4v) is 3.44. The van der Waals surface area contributed by atoms with Crippen molar-refractivity contribution in [3.63, 3.8) is 0 Å². The second-order valence-corrected chi connectivity index (χ2v) is 8.15. The van der Waals surface area contributed by atoms with Gasteiger partial charge in [0.1, 0.15) is 23.8 Å². The summed E-state index contributed by atoms with van der Waals surface area (Å²) in [4.78, 5) is 49.4. The Labute approximate surface area is 219 Å². The number of methoxy groups -OCH3 is 1. The van der Waals surface area contributed by atoms with Crippen molar-refractivity contribution >= 4 is 23.9 Å². The lowest BCUT2D eigenvalue weighted by Crippen LogP contribution is -2.39. The molecule has 38 heavy (non-hydrogen) atoms. The smallest absolute Gasteiger partial charge is 0.416 e. The second kappa shape index (κ2) is 13.4. The average Bonchev–Trinajstić information content (AvgIpc) is 2.92. The van der Waals surface area contributed by atoms with Crippen LogP contribution in [-0.2, 0) is 9.59 Å². The zero-order valence-corrected chi connectivity index (χ0v) is 21.0. The Balaban J connectivity index is 1.55. The van der Waals surface area contributed by atoms with E-state index in [1.165, 1.54) is 7.11 Å². The van der Waals surface area contributed by atoms with Crippen LogP contribution >= 0.6 is 0 Å². The van der Waals surface area contributed by atoms with Gasteiger partial charge >= 0.3 is 12.1 Å². The number of hydrogen-bond donors (Lipinski definition) is 2. The Bertz CT molecular complexity index is 1240. The molecule has 3 rings (SSSR count). The molecule has 3 amide bonds. The SMILES string of the molecule is COc1ccc(OC(=O)N(CC(=O)O)[C@@H](C)c2ccc(OCCC(=O)NC(=O)c3ccccc3)cc2)cc1. The third kappa shape index (κ3) is 8.09. The number of carboxylic acids is 1. The molecule has 0 aliphatic carbocycles. The van der Waals surface area contributed by atoms with E-state index < -0.39 is 36.5 Å². The largest absolute Gasteiger partial charge is 0.497 e. The lowest BCUT2D eigenvalue weighted by atomic mass is 10.1. The van der Waals surface area contributed by atoms with Gasteiger partial charge in [0.15, 0.2) is 0 Å². The number of imide groups is 1. The normalized spacial score (nSPS) is 11.1. The quantitative estimate of drug-likeness (QED) is 0.387. The van der Waals surface area contributed by atoms with Crippen LogP contribution < -0.4 is 19.5 Å². The summed E-state index contributed by atoms with van der Waals surface area (Å²) in [5.41, 5.74) is 1.03. The molecule has 10 heteroatoms. The van der Waals surface area contributed by atoms with E-state index in [2.05, 4.69) is 5.32 Å². The van der Waals surface area contributed by atoms with Crippen molar-refractivity contribution in [3.8, 4) is 17.2 Å².